The van der Waals surface area contributed by atoms with Gasteiger partial charge in [-0.2, -0.15) is 4.98 Å². The number of Topliss-reactive ketones (excluding diaryl/α,β-unsaturated/α-hetero) is 3. The summed E-state index contributed by atoms with van der Waals surface area (Å²) >= 11 is 1.47. The molecular formula is C40H54F2N6O18S. The number of aliphatic carboxylic acids is 3. The van der Waals surface area contributed by atoms with Crippen molar-refractivity contribution in [3.8, 4) is 0 Å². The number of carbonyl (C=O) groups excluding carboxylic acids is 5. The smallest absolute Gasteiger partial charge is 0.351 e. The van der Waals surface area contributed by atoms with Crippen molar-refractivity contribution in [2.24, 2.45) is 5.73 Å². The molecule has 0 saturated carbocycles. The number of thioether (sulfide) groups is 1. The molecule has 5 aliphatic heterocycles. The standard InChI is InChI=1S/C16H20FNO7.C11H14FNO4.C8H11N3O3S.C5H9NO4/c1-9-6-18(14(21)5-12(9)20)15-4-11(17)13(25-15)8-24-7-10(19)2-3-16(22)23;1-6-4-13(10(16)3-8(6)15)11-2-7(12)9(5-14)17-11;9-5-1-2-11(8(13)10-5)6-4-15-7(3-12)14-6;6-3(5(9)10)1-2-4(7)8/h6,11,13,15H,2-5,7-8H2,1H3,(H,22,23);4,7,9,11,14H,2-3,5H2,1H3;1-2,6-7,12H,3-4H2,(H2,9,10,13);3H,1-2,6H2,(H,7,8)(H,9,10)/t;;6-,7+;/m..0./s1. The average molecular weight is 977 g/mol. The molecule has 67 heavy (non-hydrogen) atoms. The molecule has 9 atom stereocenters. The monoisotopic (exact) mass is 976 g/mol. The number of aromatic nitrogens is 2. The molecule has 0 bridgehead atoms. The Kier molecular flexibility index (Phi) is 22.2. The quantitative estimate of drug-likeness (QED) is 0.102. The van der Waals surface area contributed by atoms with Gasteiger partial charge in [0.05, 0.1) is 39.1 Å². The minimum atomic E-state index is -1.38. The summed E-state index contributed by atoms with van der Waals surface area (Å²) < 4.78 is 50.1. The third-order valence-corrected chi connectivity index (χ3v) is 11.2. The highest BCUT2D eigenvalue weighted by Gasteiger charge is 2.42. The molecule has 6 rings (SSSR count). The summed E-state index contributed by atoms with van der Waals surface area (Å²) in [5.74, 6) is -4.18. The number of amides is 2. The average Bonchev–Trinajstić information content (AvgIpc) is 4.00. The number of carboxylic acids is 3. The minimum Gasteiger partial charge on any atom is -0.481 e. The van der Waals surface area contributed by atoms with E-state index in [-0.39, 0.29) is 100 Å². The highest BCUT2D eigenvalue weighted by molar-refractivity contribution is 8.00. The summed E-state index contributed by atoms with van der Waals surface area (Å²) in [7, 11) is 0. The molecule has 6 heterocycles. The van der Waals surface area contributed by atoms with Crippen molar-refractivity contribution in [2.75, 3.05) is 37.9 Å². The van der Waals surface area contributed by atoms with Crippen molar-refractivity contribution < 1.29 is 91.6 Å². The van der Waals surface area contributed by atoms with E-state index in [4.69, 9.17) is 55.9 Å². The molecule has 0 aromatic carbocycles. The number of alkyl halides is 2. The third-order valence-electron chi connectivity index (χ3n) is 10.1. The maximum Gasteiger partial charge on any atom is 0.351 e. The third kappa shape index (κ3) is 17.6. The fourth-order valence-electron chi connectivity index (χ4n) is 6.30. The van der Waals surface area contributed by atoms with Crippen LogP contribution < -0.4 is 17.2 Å². The molecular weight excluding hydrogens is 923 g/mol. The van der Waals surface area contributed by atoms with Crippen molar-refractivity contribution in [3.05, 3.63) is 46.3 Å². The fraction of sp³-hybridized carbons (Fsp3) is 0.600. The molecule has 27 heteroatoms. The number of hydrogen-bond donors (Lipinski definition) is 7. The van der Waals surface area contributed by atoms with Crippen LogP contribution >= 0.6 is 11.8 Å². The number of nitrogens with two attached hydrogens (primary N) is 2. The number of nitrogens with zero attached hydrogens (tertiary/aromatic N) is 4. The first kappa shape index (κ1) is 55.8. The Bertz CT molecular complexity index is 2090. The lowest BCUT2D eigenvalue weighted by atomic mass is 10.1. The van der Waals surface area contributed by atoms with E-state index in [0.717, 1.165) is 0 Å². The predicted octanol–water partition coefficient (Wildman–Crippen LogP) is -0.599. The summed E-state index contributed by atoms with van der Waals surface area (Å²) in [6.45, 7) is 2.21. The molecule has 9 N–H and O–H groups in total. The summed E-state index contributed by atoms with van der Waals surface area (Å²) in [5.41, 5.74) is 10.5. The number of aliphatic hydroxyl groups is 2. The number of carboxylic acid groups (broad SMARTS) is 3. The Balaban J connectivity index is 0.000000249. The second-order valence-electron chi connectivity index (χ2n) is 15.3. The Morgan fingerprint density at radius 1 is 0.821 bits per heavy atom. The van der Waals surface area contributed by atoms with Crippen molar-refractivity contribution in [1.82, 2.24) is 19.4 Å². The number of rotatable bonds is 16. The summed E-state index contributed by atoms with van der Waals surface area (Å²) in [4.78, 5) is 105. The van der Waals surface area contributed by atoms with Crippen molar-refractivity contribution in [1.29, 1.82) is 0 Å². The van der Waals surface area contributed by atoms with Gasteiger partial charge in [-0.05, 0) is 26.3 Å². The van der Waals surface area contributed by atoms with Gasteiger partial charge in [0.1, 0.15) is 67.1 Å². The van der Waals surface area contributed by atoms with E-state index in [1.807, 2.05) is 0 Å². The Labute approximate surface area is 384 Å². The Morgan fingerprint density at radius 3 is 1.82 bits per heavy atom. The first-order chi connectivity index (χ1) is 31.5. The molecule has 3 saturated heterocycles. The summed E-state index contributed by atoms with van der Waals surface area (Å²) in [6, 6.07) is 0.484. The highest BCUT2D eigenvalue weighted by atomic mass is 32.2. The molecule has 2 amide bonds. The first-order valence-corrected chi connectivity index (χ1v) is 21.6. The SMILES string of the molecule is CC1=CN(C2CC(F)C(CO)O2)C(=O)CC1=O.CC1=CN(C2CC(F)C(COCC(=O)CCC(=O)O)O2)C(=O)CC1=O.NC(CCC(=O)O)C(=O)O.Nc1ccn([C@@H]2CS[C@H](CO)O2)c(=O)n1. The molecule has 1 aromatic heterocycles. The van der Waals surface area contributed by atoms with Gasteiger partial charge in [-0.1, -0.05) is 0 Å². The number of halogens is 2. The largest absolute Gasteiger partial charge is 0.481 e. The number of ketones is 3. The van der Waals surface area contributed by atoms with E-state index in [1.165, 1.54) is 38.5 Å². The number of ether oxygens (including phenoxy) is 4. The van der Waals surface area contributed by atoms with Crippen LogP contribution in [0.15, 0.2) is 40.6 Å². The highest BCUT2D eigenvalue weighted by Crippen LogP contribution is 2.31. The molecule has 0 radical (unpaired) electrons. The maximum atomic E-state index is 14.1. The van der Waals surface area contributed by atoms with Crippen LogP contribution in [0.4, 0.5) is 14.6 Å². The van der Waals surface area contributed by atoms with Crippen LogP contribution in [-0.4, -0.2) is 173 Å². The van der Waals surface area contributed by atoms with E-state index in [2.05, 4.69) is 4.98 Å². The minimum absolute atomic E-state index is 0.0228. The normalized spacial score (nSPS) is 26.3. The number of nitrogen functional groups attached to an aromatic ring is 1. The van der Waals surface area contributed by atoms with Gasteiger partial charge in [-0.25, -0.2) is 13.6 Å². The Hall–Kier alpha value is -5.55. The van der Waals surface area contributed by atoms with Gasteiger partial charge in [-0.3, -0.25) is 52.7 Å². The Morgan fingerprint density at radius 2 is 1.36 bits per heavy atom. The topological polar surface area (TPSA) is 368 Å². The second kappa shape index (κ2) is 26.7. The van der Waals surface area contributed by atoms with Crippen molar-refractivity contribution in [3.63, 3.8) is 0 Å². The summed E-state index contributed by atoms with van der Waals surface area (Å²) in [6.07, 6.45) is -3.24. The van der Waals surface area contributed by atoms with Gasteiger partial charge < -0.3 is 55.9 Å². The predicted molar refractivity (Wildman–Crippen MR) is 225 cm³/mol. The molecule has 0 aliphatic carbocycles. The van der Waals surface area contributed by atoms with Gasteiger partial charge in [-0.15, -0.1) is 11.8 Å². The molecule has 372 valence electrons. The molecule has 1 aromatic rings. The lowest BCUT2D eigenvalue weighted by Gasteiger charge is -2.28. The fourth-order valence-corrected chi connectivity index (χ4v) is 7.23. The van der Waals surface area contributed by atoms with Crippen LogP contribution in [0, 0.1) is 0 Å². The summed E-state index contributed by atoms with van der Waals surface area (Å²) in [5, 5.41) is 42.5. The molecule has 0 spiro atoms. The number of carbonyl (C=O) groups is 8. The van der Waals surface area contributed by atoms with Crippen LogP contribution in [0.5, 0.6) is 0 Å². The van der Waals surface area contributed by atoms with Crippen LogP contribution in [0.25, 0.3) is 0 Å². The van der Waals surface area contributed by atoms with E-state index >= 15 is 0 Å². The van der Waals surface area contributed by atoms with Gasteiger partial charge in [0, 0.05) is 61.2 Å². The van der Waals surface area contributed by atoms with Crippen molar-refractivity contribution in [2.45, 2.75) is 120 Å². The number of allylic oxidation sites excluding steroid dienone is 2. The van der Waals surface area contributed by atoms with Gasteiger partial charge in [0.25, 0.3) is 0 Å². The number of aliphatic hydroxyl groups excluding tert-OH is 2. The van der Waals surface area contributed by atoms with Gasteiger partial charge >= 0.3 is 23.6 Å². The number of hydrogen-bond acceptors (Lipinski definition) is 19. The first-order valence-electron chi connectivity index (χ1n) is 20.5. The van der Waals surface area contributed by atoms with Crippen LogP contribution in [0.2, 0.25) is 0 Å². The zero-order chi connectivity index (χ0) is 50.1. The van der Waals surface area contributed by atoms with Crippen molar-refractivity contribution >= 4 is 64.7 Å². The molecule has 24 nitrogen and oxygen atoms in total. The van der Waals surface area contributed by atoms with E-state index in [1.54, 1.807) is 26.1 Å². The van der Waals surface area contributed by atoms with Crippen LogP contribution in [0.3, 0.4) is 0 Å². The maximum absolute atomic E-state index is 14.1. The molecule has 5 aliphatic rings. The van der Waals surface area contributed by atoms with E-state index in [0.29, 0.717) is 16.9 Å². The number of anilines is 1. The van der Waals surface area contributed by atoms with E-state index in [9.17, 15) is 51.9 Å². The lowest BCUT2D eigenvalue weighted by molar-refractivity contribution is -0.146. The van der Waals surface area contributed by atoms with Crippen LogP contribution in [0.1, 0.15) is 71.4 Å². The van der Waals surface area contributed by atoms with Gasteiger partial charge in [0.15, 0.2) is 17.3 Å². The molecule has 7 unspecified atom stereocenters. The zero-order valence-electron chi connectivity index (χ0n) is 36.3. The zero-order valence-corrected chi connectivity index (χ0v) is 37.2. The van der Waals surface area contributed by atoms with E-state index < -0.39 is 90.9 Å². The second-order valence-corrected chi connectivity index (χ2v) is 16.5. The lowest BCUT2D eigenvalue weighted by Crippen LogP contribution is -2.40. The van der Waals surface area contributed by atoms with Crippen LogP contribution in [-0.2, 0) is 57.3 Å². The molecule has 3 fully saturated rings. The van der Waals surface area contributed by atoms with Gasteiger partial charge in [0.2, 0.25) is 11.8 Å².